The van der Waals surface area contributed by atoms with E-state index in [1.54, 1.807) is 18.2 Å². The first kappa shape index (κ1) is 22.3. The number of carbonyl (C=O) groups is 1. The number of nitriles is 1. The summed E-state index contributed by atoms with van der Waals surface area (Å²) in [5.41, 5.74) is 0.693. The molecule has 0 radical (unpaired) electrons. The van der Waals surface area contributed by atoms with E-state index in [1.165, 1.54) is 30.3 Å². The van der Waals surface area contributed by atoms with Gasteiger partial charge in [0.25, 0.3) is 0 Å². The van der Waals surface area contributed by atoms with Gasteiger partial charge in [-0.3, -0.25) is 4.79 Å². The van der Waals surface area contributed by atoms with E-state index in [4.69, 9.17) is 44.8 Å². The molecule has 152 valence electrons. The van der Waals surface area contributed by atoms with Gasteiger partial charge in [0, 0.05) is 15.5 Å². The predicted octanol–water partition coefficient (Wildman–Crippen LogP) is 6.92. The highest BCUT2D eigenvalue weighted by Crippen LogP contribution is 2.35. The Morgan fingerprint density at radius 1 is 1.10 bits per heavy atom. The summed E-state index contributed by atoms with van der Waals surface area (Å²) in [5.74, 6) is -1.41. The molecule has 0 saturated heterocycles. The Bertz CT molecular complexity index is 1180. The number of nitrogens with one attached hydrogen (secondary N) is 1. The molecule has 1 amide bonds. The molecule has 3 aromatic rings. The Hall–Kier alpha value is -2.43. The molecule has 3 aromatic carbocycles. The average Bonchev–Trinajstić information content (AvgIpc) is 2.69. The third kappa shape index (κ3) is 5.38. The third-order valence-electron chi connectivity index (χ3n) is 3.93. The summed E-state index contributed by atoms with van der Waals surface area (Å²) in [6.07, 6.45) is -0.280. The molecule has 9 heteroatoms. The van der Waals surface area contributed by atoms with Crippen LogP contribution in [-0.2, 0) is 11.2 Å². The minimum atomic E-state index is -0.798. The Labute approximate surface area is 192 Å². The first-order valence-corrected chi connectivity index (χ1v) is 9.98. The van der Waals surface area contributed by atoms with Crippen LogP contribution in [0.15, 0.2) is 53.4 Å². The number of amides is 1. The van der Waals surface area contributed by atoms with Gasteiger partial charge in [-0.05, 0) is 42.5 Å². The van der Waals surface area contributed by atoms with Crippen molar-refractivity contribution in [1.29, 1.82) is 5.26 Å². The van der Waals surface area contributed by atoms with Crippen LogP contribution in [0.25, 0.3) is 0 Å². The predicted molar refractivity (Wildman–Crippen MR) is 119 cm³/mol. The van der Waals surface area contributed by atoms with Crippen LogP contribution in [-0.4, -0.2) is 5.91 Å². The van der Waals surface area contributed by atoms with Crippen molar-refractivity contribution in [2.75, 3.05) is 5.32 Å². The van der Waals surface area contributed by atoms with E-state index in [-0.39, 0.29) is 39.1 Å². The van der Waals surface area contributed by atoms with Gasteiger partial charge in [-0.2, -0.15) is 5.26 Å². The third-order valence-corrected chi connectivity index (χ3v) is 5.03. The molecule has 0 heterocycles. The van der Waals surface area contributed by atoms with Crippen molar-refractivity contribution in [3.05, 3.63) is 80.5 Å². The maximum atomic E-state index is 15.0. The van der Waals surface area contributed by atoms with Gasteiger partial charge in [-0.1, -0.05) is 40.9 Å². The topological polar surface area (TPSA) is 62.1 Å². The minimum Gasteiger partial charge on any atom is -0.453 e. The van der Waals surface area contributed by atoms with Gasteiger partial charge in [0.2, 0.25) is 5.91 Å². The van der Waals surface area contributed by atoms with Crippen LogP contribution >= 0.6 is 47.4 Å². The largest absolute Gasteiger partial charge is 0.453 e. The molecule has 0 saturated carbocycles. The van der Waals surface area contributed by atoms with Crippen molar-refractivity contribution in [3.63, 3.8) is 0 Å². The summed E-state index contributed by atoms with van der Waals surface area (Å²) in [6.45, 7) is 0. The van der Waals surface area contributed by atoms with Gasteiger partial charge >= 0.3 is 0 Å². The standard InChI is InChI=1S/C21H12Cl3FN2O2S/c22-13-5-11(10-26)6-14(8-13)29-21-16(23)3-1-12(20(21)25)7-19(28)27-18-4-2-15(30)9-17(18)24/h1-6,8-9,30H,7H2,(H,27,28). The van der Waals surface area contributed by atoms with E-state index in [0.717, 1.165) is 0 Å². The molecule has 0 aliphatic heterocycles. The fourth-order valence-electron chi connectivity index (χ4n) is 2.58. The molecule has 0 unspecified atom stereocenters. The summed E-state index contributed by atoms with van der Waals surface area (Å²) < 4.78 is 20.5. The summed E-state index contributed by atoms with van der Waals surface area (Å²) >= 11 is 22.3. The fraction of sp³-hybridized carbons (Fsp3) is 0.0476. The van der Waals surface area contributed by atoms with Gasteiger partial charge < -0.3 is 10.1 Å². The first-order valence-electron chi connectivity index (χ1n) is 8.40. The van der Waals surface area contributed by atoms with Crippen LogP contribution in [0.4, 0.5) is 10.1 Å². The molecule has 1 N–H and O–H groups in total. The zero-order chi connectivity index (χ0) is 21.8. The maximum absolute atomic E-state index is 15.0. The van der Waals surface area contributed by atoms with E-state index < -0.39 is 11.7 Å². The number of ether oxygens (including phenoxy) is 1. The lowest BCUT2D eigenvalue weighted by molar-refractivity contribution is -0.115. The molecular weight excluding hydrogens is 470 g/mol. The molecule has 0 fully saturated rings. The van der Waals surface area contributed by atoms with E-state index in [9.17, 15) is 4.79 Å². The smallest absolute Gasteiger partial charge is 0.228 e. The van der Waals surface area contributed by atoms with Crippen molar-refractivity contribution >= 4 is 59.0 Å². The molecule has 0 aromatic heterocycles. The lowest BCUT2D eigenvalue weighted by Gasteiger charge is -2.13. The molecule has 0 aliphatic rings. The highest BCUT2D eigenvalue weighted by molar-refractivity contribution is 7.80. The molecule has 0 spiro atoms. The van der Waals surface area contributed by atoms with Crippen LogP contribution in [0.2, 0.25) is 15.1 Å². The lowest BCUT2D eigenvalue weighted by atomic mass is 10.1. The van der Waals surface area contributed by atoms with Gasteiger partial charge in [0.1, 0.15) is 5.75 Å². The quantitative estimate of drug-likeness (QED) is 0.389. The number of rotatable bonds is 5. The summed E-state index contributed by atoms with van der Waals surface area (Å²) in [5, 5.41) is 12.2. The highest BCUT2D eigenvalue weighted by Gasteiger charge is 2.18. The number of hydrogen-bond acceptors (Lipinski definition) is 4. The zero-order valence-electron chi connectivity index (χ0n) is 15.0. The number of hydrogen-bond donors (Lipinski definition) is 2. The van der Waals surface area contributed by atoms with Crippen LogP contribution in [0, 0.1) is 17.1 Å². The second-order valence-electron chi connectivity index (χ2n) is 6.13. The molecule has 3 rings (SSSR count). The number of carbonyl (C=O) groups excluding carboxylic acids is 1. The van der Waals surface area contributed by atoms with Gasteiger partial charge in [0.15, 0.2) is 11.6 Å². The lowest BCUT2D eigenvalue weighted by Crippen LogP contribution is -2.15. The number of benzene rings is 3. The second kappa shape index (κ2) is 9.59. The summed E-state index contributed by atoms with van der Waals surface area (Å²) in [4.78, 5) is 13.0. The minimum absolute atomic E-state index is 0.00236. The van der Waals surface area contributed by atoms with Crippen LogP contribution in [0.5, 0.6) is 11.5 Å². The number of thiol groups is 1. The van der Waals surface area contributed by atoms with E-state index in [2.05, 4.69) is 17.9 Å². The summed E-state index contributed by atoms with van der Waals surface area (Å²) in [6, 6.07) is 13.8. The Balaban J connectivity index is 1.83. The van der Waals surface area contributed by atoms with Gasteiger partial charge in [-0.25, -0.2) is 4.39 Å². The van der Waals surface area contributed by atoms with Crippen molar-refractivity contribution < 1.29 is 13.9 Å². The van der Waals surface area contributed by atoms with Crippen molar-refractivity contribution in [3.8, 4) is 17.6 Å². The zero-order valence-corrected chi connectivity index (χ0v) is 18.2. The summed E-state index contributed by atoms with van der Waals surface area (Å²) in [7, 11) is 0. The van der Waals surface area contributed by atoms with Gasteiger partial charge in [-0.15, -0.1) is 12.6 Å². The molecule has 4 nitrogen and oxygen atoms in total. The second-order valence-corrected chi connectivity index (χ2v) is 7.90. The highest BCUT2D eigenvalue weighted by atomic mass is 35.5. The number of nitrogens with zero attached hydrogens (tertiary/aromatic N) is 1. The van der Waals surface area contributed by atoms with E-state index in [0.29, 0.717) is 15.6 Å². The average molecular weight is 482 g/mol. The molecule has 0 aliphatic carbocycles. The van der Waals surface area contributed by atoms with E-state index in [1.807, 2.05) is 6.07 Å². The Morgan fingerprint density at radius 3 is 2.57 bits per heavy atom. The molecular formula is C21H12Cl3FN2O2S. The molecule has 30 heavy (non-hydrogen) atoms. The Kier molecular flexibility index (Phi) is 7.11. The number of anilines is 1. The van der Waals surface area contributed by atoms with Crippen molar-refractivity contribution in [2.24, 2.45) is 0 Å². The van der Waals surface area contributed by atoms with E-state index >= 15 is 4.39 Å². The Morgan fingerprint density at radius 2 is 1.87 bits per heavy atom. The van der Waals surface area contributed by atoms with Crippen molar-refractivity contribution in [2.45, 2.75) is 11.3 Å². The maximum Gasteiger partial charge on any atom is 0.228 e. The van der Waals surface area contributed by atoms with Crippen LogP contribution in [0.3, 0.4) is 0 Å². The molecule has 0 atom stereocenters. The van der Waals surface area contributed by atoms with Crippen molar-refractivity contribution in [1.82, 2.24) is 0 Å². The molecule has 0 bridgehead atoms. The normalized spacial score (nSPS) is 10.4. The monoisotopic (exact) mass is 480 g/mol. The van der Waals surface area contributed by atoms with Gasteiger partial charge in [0.05, 0.1) is 33.8 Å². The fourth-order valence-corrected chi connectivity index (χ4v) is 3.50. The van der Waals surface area contributed by atoms with Crippen LogP contribution < -0.4 is 10.1 Å². The van der Waals surface area contributed by atoms with Crippen LogP contribution in [0.1, 0.15) is 11.1 Å². The first-order chi connectivity index (χ1) is 14.3. The number of halogens is 4. The SMILES string of the molecule is N#Cc1cc(Cl)cc(Oc2c(Cl)ccc(CC(=O)Nc3ccc(S)cc3Cl)c2F)c1.